The number of nitrogens with one attached hydrogen (secondary N) is 2. The number of anilines is 1. The van der Waals surface area contributed by atoms with Crippen LogP contribution in [0.2, 0.25) is 5.15 Å². The fraction of sp³-hybridized carbons (Fsp3) is 0.591. The van der Waals surface area contributed by atoms with E-state index in [1.54, 1.807) is 27.7 Å². The van der Waals surface area contributed by atoms with Crippen molar-refractivity contribution in [3.05, 3.63) is 21.8 Å². The minimum absolute atomic E-state index is 0.0772. The summed E-state index contributed by atoms with van der Waals surface area (Å²) < 4.78 is 5.18. The quantitative estimate of drug-likeness (QED) is 0.645. The van der Waals surface area contributed by atoms with Crippen LogP contribution in [-0.4, -0.2) is 47.8 Å². The predicted molar refractivity (Wildman–Crippen MR) is 120 cm³/mol. The molecule has 0 spiro atoms. The first-order valence-electron chi connectivity index (χ1n) is 10.6. The van der Waals surface area contributed by atoms with E-state index in [2.05, 4.69) is 21.7 Å². The third kappa shape index (κ3) is 6.24. The lowest BCUT2D eigenvalue weighted by atomic mass is 9.99. The first kappa shape index (κ1) is 25.2. The predicted octanol–water partition coefficient (Wildman–Crippen LogP) is 3.04. The molecule has 0 aliphatic carbocycles. The number of piperidine rings is 1. The van der Waals surface area contributed by atoms with Gasteiger partial charge in [-0.1, -0.05) is 18.5 Å². The van der Waals surface area contributed by atoms with E-state index in [4.69, 9.17) is 16.3 Å². The molecule has 2 rings (SSSR count). The van der Waals surface area contributed by atoms with Gasteiger partial charge in [0.25, 0.3) is 0 Å². The third-order valence-corrected chi connectivity index (χ3v) is 5.36. The van der Waals surface area contributed by atoms with Crippen molar-refractivity contribution < 1.29 is 14.3 Å². The van der Waals surface area contributed by atoms with Crippen LogP contribution in [-0.2, 0) is 16.0 Å². The highest BCUT2D eigenvalue weighted by Crippen LogP contribution is 2.30. The van der Waals surface area contributed by atoms with Crippen molar-refractivity contribution in [3.8, 4) is 12.1 Å². The summed E-state index contributed by atoms with van der Waals surface area (Å²) in [6.45, 7) is 9.85. The van der Waals surface area contributed by atoms with E-state index in [1.165, 1.54) is 0 Å². The number of alkyl carbamates (subject to hydrolysis) is 1. The molecule has 10 heteroatoms. The van der Waals surface area contributed by atoms with Crippen LogP contribution in [0.5, 0.6) is 0 Å². The summed E-state index contributed by atoms with van der Waals surface area (Å²) in [6.07, 6.45) is 1.12. The standard InChI is InChI=1S/C22H29ClN6O3/c1-6-15-16(11-24)18(23)28-19(17(15)12-25)29-9-7-14(8-10-29)27-20(30)13(2)26-21(31)32-22(3,4)5/h13-14H,6-10H2,1-5H3,(H,26,31)(H,27,30)/t13-/m0/s1. The number of hydrogen-bond donors (Lipinski definition) is 2. The third-order valence-electron chi connectivity index (χ3n) is 5.08. The van der Waals surface area contributed by atoms with E-state index in [1.807, 2.05) is 17.9 Å². The number of carbonyl (C=O) groups is 2. The SMILES string of the molecule is CCc1c(C#N)c(Cl)nc(N2CCC(NC(=O)[C@H](C)NC(=O)OC(C)(C)C)CC2)c1C#N. The molecule has 0 radical (unpaired) electrons. The summed E-state index contributed by atoms with van der Waals surface area (Å²) in [5.41, 5.74) is 0.562. The number of amides is 2. The number of nitrogens with zero attached hydrogens (tertiary/aromatic N) is 4. The molecule has 9 nitrogen and oxygen atoms in total. The molecule has 1 atom stereocenters. The van der Waals surface area contributed by atoms with Gasteiger partial charge < -0.3 is 20.3 Å². The van der Waals surface area contributed by atoms with Gasteiger partial charge in [0.15, 0.2) is 0 Å². The molecule has 172 valence electrons. The molecule has 0 bridgehead atoms. The number of ether oxygens (including phenoxy) is 1. The van der Waals surface area contributed by atoms with Gasteiger partial charge in [-0.2, -0.15) is 10.5 Å². The first-order valence-corrected chi connectivity index (χ1v) is 11.0. The van der Waals surface area contributed by atoms with Gasteiger partial charge in [-0.05, 0) is 52.5 Å². The Morgan fingerprint density at radius 3 is 2.34 bits per heavy atom. The molecule has 1 fully saturated rings. The van der Waals surface area contributed by atoms with Gasteiger partial charge >= 0.3 is 6.09 Å². The molecule has 0 unspecified atom stereocenters. The maximum absolute atomic E-state index is 12.5. The van der Waals surface area contributed by atoms with E-state index in [0.29, 0.717) is 49.3 Å². The Morgan fingerprint density at radius 2 is 1.84 bits per heavy atom. The zero-order valence-corrected chi connectivity index (χ0v) is 19.8. The van der Waals surface area contributed by atoms with Crippen LogP contribution in [0.1, 0.15) is 64.2 Å². The maximum atomic E-state index is 12.5. The number of aromatic nitrogens is 1. The zero-order chi connectivity index (χ0) is 24.1. The van der Waals surface area contributed by atoms with Crippen molar-refractivity contribution in [2.24, 2.45) is 0 Å². The van der Waals surface area contributed by atoms with Crippen molar-refractivity contribution in [3.63, 3.8) is 0 Å². The molecule has 2 heterocycles. The van der Waals surface area contributed by atoms with E-state index in [9.17, 15) is 20.1 Å². The number of pyridine rings is 1. The highest BCUT2D eigenvalue weighted by atomic mass is 35.5. The van der Waals surface area contributed by atoms with Gasteiger partial charge in [-0.3, -0.25) is 4.79 Å². The van der Waals surface area contributed by atoms with Crippen LogP contribution in [0.15, 0.2) is 0 Å². The van der Waals surface area contributed by atoms with Crippen molar-refractivity contribution in [2.45, 2.75) is 71.6 Å². The second-order valence-corrected chi connectivity index (χ2v) is 9.03. The maximum Gasteiger partial charge on any atom is 0.408 e. The highest BCUT2D eigenvalue weighted by Gasteiger charge is 2.28. The van der Waals surface area contributed by atoms with E-state index >= 15 is 0 Å². The Hall–Kier alpha value is -3.04. The molecule has 1 saturated heterocycles. The zero-order valence-electron chi connectivity index (χ0n) is 19.1. The van der Waals surface area contributed by atoms with Crippen molar-refractivity contribution >= 4 is 29.4 Å². The largest absolute Gasteiger partial charge is 0.444 e. The molecular formula is C22H29ClN6O3. The Labute approximate surface area is 193 Å². The van der Waals surface area contributed by atoms with Crippen LogP contribution in [0.25, 0.3) is 0 Å². The molecule has 1 aromatic rings. The minimum Gasteiger partial charge on any atom is -0.444 e. The lowest BCUT2D eigenvalue weighted by Crippen LogP contribution is -2.51. The van der Waals surface area contributed by atoms with Gasteiger partial charge in [0.05, 0.1) is 11.1 Å². The lowest BCUT2D eigenvalue weighted by Gasteiger charge is -2.34. The van der Waals surface area contributed by atoms with Crippen LogP contribution in [0.4, 0.5) is 10.6 Å². The molecule has 1 aliphatic rings. The second kappa shape index (κ2) is 10.5. The number of halogens is 1. The molecule has 2 N–H and O–H groups in total. The van der Waals surface area contributed by atoms with Gasteiger partial charge in [-0.15, -0.1) is 0 Å². The summed E-state index contributed by atoms with van der Waals surface area (Å²) in [4.78, 5) is 30.6. The highest BCUT2D eigenvalue weighted by molar-refractivity contribution is 6.30. The van der Waals surface area contributed by atoms with Crippen molar-refractivity contribution in [2.75, 3.05) is 18.0 Å². The van der Waals surface area contributed by atoms with Gasteiger partial charge in [-0.25, -0.2) is 9.78 Å². The second-order valence-electron chi connectivity index (χ2n) is 8.67. The lowest BCUT2D eigenvalue weighted by molar-refractivity contribution is -0.123. The summed E-state index contributed by atoms with van der Waals surface area (Å²) >= 11 is 6.20. The topological polar surface area (TPSA) is 131 Å². The summed E-state index contributed by atoms with van der Waals surface area (Å²) in [5.74, 6) is 0.179. The van der Waals surface area contributed by atoms with Crippen molar-refractivity contribution in [1.29, 1.82) is 10.5 Å². The van der Waals surface area contributed by atoms with Gasteiger partial charge in [0, 0.05) is 19.1 Å². The van der Waals surface area contributed by atoms with E-state index < -0.39 is 17.7 Å². The molecule has 1 aliphatic heterocycles. The number of hydrogen-bond acceptors (Lipinski definition) is 7. The first-order chi connectivity index (χ1) is 15.0. The Balaban J connectivity index is 2.00. The molecule has 0 aromatic carbocycles. The number of nitriles is 2. The van der Waals surface area contributed by atoms with E-state index in [0.717, 1.165) is 0 Å². The summed E-state index contributed by atoms with van der Waals surface area (Å²) in [5, 5.41) is 24.6. The van der Waals surface area contributed by atoms with Crippen molar-refractivity contribution in [1.82, 2.24) is 15.6 Å². The average molecular weight is 461 g/mol. The Kier molecular flexibility index (Phi) is 8.29. The van der Waals surface area contributed by atoms with E-state index in [-0.39, 0.29) is 22.7 Å². The molecule has 2 amide bonds. The molecule has 32 heavy (non-hydrogen) atoms. The normalized spacial score (nSPS) is 15.3. The van der Waals surface area contributed by atoms with Crippen LogP contribution >= 0.6 is 11.6 Å². The van der Waals surface area contributed by atoms with Crippen LogP contribution in [0.3, 0.4) is 0 Å². The molecule has 1 aromatic heterocycles. The smallest absolute Gasteiger partial charge is 0.408 e. The fourth-order valence-corrected chi connectivity index (χ4v) is 3.75. The van der Waals surface area contributed by atoms with Crippen LogP contribution < -0.4 is 15.5 Å². The average Bonchev–Trinajstić information content (AvgIpc) is 2.71. The number of rotatable bonds is 5. The number of carbonyl (C=O) groups excluding carboxylic acids is 2. The summed E-state index contributed by atoms with van der Waals surface area (Å²) in [6, 6.07) is 3.39. The van der Waals surface area contributed by atoms with Gasteiger partial charge in [0.2, 0.25) is 5.91 Å². The Bertz CT molecular complexity index is 952. The Morgan fingerprint density at radius 1 is 1.25 bits per heavy atom. The van der Waals surface area contributed by atoms with Gasteiger partial charge in [0.1, 0.15) is 34.8 Å². The monoisotopic (exact) mass is 460 g/mol. The molecular weight excluding hydrogens is 432 g/mol. The molecule has 0 saturated carbocycles. The minimum atomic E-state index is -0.737. The van der Waals surface area contributed by atoms with Crippen LogP contribution in [0, 0.1) is 22.7 Å². The fourth-order valence-electron chi connectivity index (χ4n) is 3.51. The summed E-state index contributed by atoms with van der Waals surface area (Å²) in [7, 11) is 0.